The molecule has 0 fully saturated rings. The van der Waals surface area contributed by atoms with Gasteiger partial charge >= 0.3 is 5.97 Å². The molecule has 0 saturated heterocycles. The summed E-state index contributed by atoms with van der Waals surface area (Å²) >= 11 is 0. The van der Waals surface area contributed by atoms with Gasteiger partial charge in [0, 0.05) is 6.54 Å². The quantitative estimate of drug-likeness (QED) is 0.882. The molecule has 0 heterocycles. The molecular weight excluding hydrogens is 274 g/mol. The standard InChI is InChI=1S/C19H21NO2/c1-20(2)13-7-12-18(15-8-4-3-5-9-15)16-10-6-11-17(14-16)19(21)22/h3-6,8-12,14H,7,13H2,1-2H3,(H,21,22)/b18-12-. The van der Waals surface area contributed by atoms with Crippen LogP contribution >= 0.6 is 0 Å². The van der Waals surface area contributed by atoms with Crippen molar-refractivity contribution in [1.29, 1.82) is 0 Å². The van der Waals surface area contributed by atoms with Crippen molar-refractivity contribution in [1.82, 2.24) is 4.90 Å². The third-order valence-electron chi connectivity index (χ3n) is 3.43. The fourth-order valence-electron chi connectivity index (χ4n) is 2.31. The molecule has 22 heavy (non-hydrogen) atoms. The first-order valence-electron chi connectivity index (χ1n) is 7.32. The Morgan fingerprint density at radius 2 is 1.64 bits per heavy atom. The van der Waals surface area contributed by atoms with Gasteiger partial charge < -0.3 is 10.0 Å². The minimum atomic E-state index is -0.900. The number of carboxylic acid groups (broad SMARTS) is 1. The number of benzene rings is 2. The first-order valence-corrected chi connectivity index (χ1v) is 7.32. The van der Waals surface area contributed by atoms with Crippen LogP contribution in [0.4, 0.5) is 0 Å². The molecule has 0 aliphatic heterocycles. The molecular formula is C19H21NO2. The average molecular weight is 295 g/mol. The van der Waals surface area contributed by atoms with E-state index in [4.69, 9.17) is 0 Å². The fourth-order valence-corrected chi connectivity index (χ4v) is 2.31. The minimum absolute atomic E-state index is 0.312. The van der Waals surface area contributed by atoms with Crippen molar-refractivity contribution in [2.75, 3.05) is 20.6 Å². The average Bonchev–Trinajstić information content (AvgIpc) is 2.52. The summed E-state index contributed by atoms with van der Waals surface area (Å²) in [6.07, 6.45) is 3.09. The van der Waals surface area contributed by atoms with Crippen LogP contribution in [0.3, 0.4) is 0 Å². The second-order valence-corrected chi connectivity index (χ2v) is 5.46. The normalized spacial score (nSPS) is 11.7. The maximum absolute atomic E-state index is 11.2. The van der Waals surface area contributed by atoms with Gasteiger partial charge in [0.1, 0.15) is 0 Å². The Morgan fingerprint density at radius 1 is 1.00 bits per heavy atom. The SMILES string of the molecule is CN(C)CC/C=C(/c1ccccc1)c1cccc(C(=O)O)c1. The fraction of sp³-hybridized carbons (Fsp3) is 0.211. The van der Waals surface area contributed by atoms with E-state index < -0.39 is 5.97 Å². The van der Waals surface area contributed by atoms with Crippen molar-refractivity contribution in [2.24, 2.45) is 0 Å². The van der Waals surface area contributed by atoms with Crippen LogP contribution in [-0.4, -0.2) is 36.6 Å². The summed E-state index contributed by atoms with van der Waals surface area (Å²) < 4.78 is 0. The van der Waals surface area contributed by atoms with Crippen LogP contribution in [-0.2, 0) is 0 Å². The van der Waals surface area contributed by atoms with Gasteiger partial charge in [0.25, 0.3) is 0 Å². The highest BCUT2D eigenvalue weighted by atomic mass is 16.4. The van der Waals surface area contributed by atoms with Gasteiger partial charge in [0.2, 0.25) is 0 Å². The Bertz CT molecular complexity index is 660. The van der Waals surface area contributed by atoms with E-state index in [-0.39, 0.29) is 0 Å². The summed E-state index contributed by atoms with van der Waals surface area (Å²) in [6, 6.07) is 17.2. The zero-order valence-electron chi connectivity index (χ0n) is 13.0. The number of carbonyl (C=O) groups is 1. The van der Waals surface area contributed by atoms with Gasteiger partial charge in [-0.3, -0.25) is 0 Å². The maximum Gasteiger partial charge on any atom is 0.335 e. The van der Waals surface area contributed by atoms with Gasteiger partial charge in [-0.1, -0.05) is 48.5 Å². The molecule has 0 saturated carbocycles. The molecule has 1 N–H and O–H groups in total. The first kappa shape index (κ1) is 16.0. The molecule has 0 spiro atoms. The van der Waals surface area contributed by atoms with Crippen molar-refractivity contribution >= 4 is 11.5 Å². The Balaban J connectivity index is 2.40. The summed E-state index contributed by atoms with van der Waals surface area (Å²) in [7, 11) is 4.09. The topological polar surface area (TPSA) is 40.5 Å². The molecule has 2 rings (SSSR count). The lowest BCUT2D eigenvalue weighted by Gasteiger charge is -2.11. The van der Waals surface area contributed by atoms with Crippen molar-refractivity contribution in [3.05, 3.63) is 77.4 Å². The molecule has 0 aliphatic rings. The Hall–Kier alpha value is -2.39. The van der Waals surface area contributed by atoms with E-state index in [2.05, 4.69) is 23.1 Å². The Kier molecular flexibility index (Phi) is 5.50. The van der Waals surface area contributed by atoms with Gasteiger partial charge in [-0.15, -0.1) is 0 Å². The van der Waals surface area contributed by atoms with Crippen molar-refractivity contribution in [3.8, 4) is 0 Å². The molecule has 0 radical (unpaired) electrons. The minimum Gasteiger partial charge on any atom is -0.478 e. The van der Waals surface area contributed by atoms with E-state index in [1.54, 1.807) is 18.2 Å². The van der Waals surface area contributed by atoms with Gasteiger partial charge in [0.15, 0.2) is 0 Å². The number of hydrogen-bond donors (Lipinski definition) is 1. The monoisotopic (exact) mass is 295 g/mol. The van der Waals surface area contributed by atoms with Gasteiger partial charge in [0.05, 0.1) is 5.56 Å². The van der Waals surface area contributed by atoms with Crippen molar-refractivity contribution in [3.63, 3.8) is 0 Å². The lowest BCUT2D eigenvalue weighted by atomic mass is 9.95. The van der Waals surface area contributed by atoms with Crippen LogP contribution in [0.15, 0.2) is 60.7 Å². The van der Waals surface area contributed by atoms with E-state index in [1.165, 1.54) is 0 Å². The molecule has 0 aliphatic carbocycles. The highest BCUT2D eigenvalue weighted by Crippen LogP contribution is 2.24. The number of hydrogen-bond acceptors (Lipinski definition) is 2. The lowest BCUT2D eigenvalue weighted by Crippen LogP contribution is -2.12. The predicted octanol–water partition coefficient (Wildman–Crippen LogP) is 3.77. The van der Waals surface area contributed by atoms with Crippen LogP contribution in [0.5, 0.6) is 0 Å². The molecule has 0 atom stereocenters. The smallest absolute Gasteiger partial charge is 0.335 e. The van der Waals surface area contributed by atoms with Gasteiger partial charge in [-0.25, -0.2) is 4.79 Å². The molecule has 3 heteroatoms. The van der Waals surface area contributed by atoms with Crippen LogP contribution in [0.2, 0.25) is 0 Å². The van der Waals surface area contributed by atoms with E-state index in [0.29, 0.717) is 5.56 Å². The molecule has 0 unspecified atom stereocenters. The van der Waals surface area contributed by atoms with Gasteiger partial charge in [-0.2, -0.15) is 0 Å². The summed E-state index contributed by atoms with van der Waals surface area (Å²) in [5, 5.41) is 9.18. The molecule has 0 amide bonds. The summed E-state index contributed by atoms with van der Waals surface area (Å²) in [5.74, 6) is -0.900. The van der Waals surface area contributed by atoms with E-state index in [9.17, 15) is 9.90 Å². The number of rotatable bonds is 6. The first-order chi connectivity index (χ1) is 10.6. The zero-order chi connectivity index (χ0) is 15.9. The molecule has 3 nitrogen and oxygen atoms in total. The van der Waals surface area contributed by atoms with Crippen LogP contribution in [0.1, 0.15) is 27.9 Å². The number of nitrogens with zero attached hydrogens (tertiary/aromatic N) is 1. The predicted molar refractivity (Wildman–Crippen MR) is 90.1 cm³/mol. The zero-order valence-corrected chi connectivity index (χ0v) is 13.0. The summed E-state index contributed by atoms with van der Waals surface area (Å²) in [6.45, 7) is 0.953. The summed E-state index contributed by atoms with van der Waals surface area (Å²) in [5.41, 5.74) is 3.42. The van der Waals surface area contributed by atoms with E-state index >= 15 is 0 Å². The molecule has 2 aromatic carbocycles. The highest BCUT2D eigenvalue weighted by Gasteiger charge is 2.08. The number of carboxylic acids is 1. The van der Waals surface area contributed by atoms with E-state index in [0.717, 1.165) is 29.7 Å². The largest absolute Gasteiger partial charge is 0.478 e. The summed E-state index contributed by atoms with van der Waals surface area (Å²) in [4.78, 5) is 13.3. The number of aromatic carboxylic acids is 1. The Labute approximate surface area is 131 Å². The third kappa shape index (κ3) is 4.30. The van der Waals surface area contributed by atoms with Crippen LogP contribution in [0.25, 0.3) is 5.57 Å². The van der Waals surface area contributed by atoms with Crippen molar-refractivity contribution in [2.45, 2.75) is 6.42 Å². The van der Waals surface area contributed by atoms with Crippen molar-refractivity contribution < 1.29 is 9.90 Å². The molecule has 114 valence electrons. The van der Waals surface area contributed by atoms with Crippen LogP contribution in [0, 0.1) is 0 Å². The highest BCUT2D eigenvalue weighted by molar-refractivity contribution is 5.90. The third-order valence-corrected chi connectivity index (χ3v) is 3.43. The lowest BCUT2D eigenvalue weighted by molar-refractivity contribution is 0.0697. The molecule has 0 bridgehead atoms. The maximum atomic E-state index is 11.2. The second-order valence-electron chi connectivity index (χ2n) is 5.46. The van der Waals surface area contributed by atoms with E-state index in [1.807, 2.05) is 38.4 Å². The van der Waals surface area contributed by atoms with Gasteiger partial charge in [-0.05, 0) is 49.3 Å². The second kappa shape index (κ2) is 7.57. The molecule has 2 aromatic rings. The molecule has 0 aromatic heterocycles. The Morgan fingerprint density at radius 3 is 2.27 bits per heavy atom. The van der Waals surface area contributed by atoms with Crippen LogP contribution < -0.4 is 0 Å².